The summed E-state index contributed by atoms with van der Waals surface area (Å²) in [5.41, 5.74) is 11.4. The van der Waals surface area contributed by atoms with Gasteiger partial charge in [-0.2, -0.15) is 0 Å². The fourth-order valence-electron chi connectivity index (χ4n) is 7.74. The topological polar surface area (TPSA) is 51.8 Å². The molecule has 11 aromatic rings. The van der Waals surface area contributed by atoms with Crippen molar-refractivity contribution in [3.63, 3.8) is 0 Å². The Morgan fingerprint density at radius 3 is 1.55 bits per heavy atom. The van der Waals surface area contributed by atoms with Gasteiger partial charge in [-0.15, -0.1) is 11.3 Å². The number of nitrogens with zero attached hydrogens (tertiary/aromatic N) is 3. The summed E-state index contributed by atoms with van der Waals surface area (Å²) in [7, 11) is 0. The van der Waals surface area contributed by atoms with E-state index in [0.717, 1.165) is 55.3 Å². The maximum atomic E-state index is 6.59. The monoisotopic (exact) mass is 733 g/mol. The van der Waals surface area contributed by atoms with Gasteiger partial charge < -0.3 is 4.42 Å². The first-order valence-electron chi connectivity index (χ1n) is 18.7. The second kappa shape index (κ2) is 13.3. The van der Waals surface area contributed by atoms with E-state index in [-0.39, 0.29) is 0 Å². The van der Waals surface area contributed by atoms with Gasteiger partial charge in [0.25, 0.3) is 0 Å². The van der Waals surface area contributed by atoms with Crippen LogP contribution >= 0.6 is 11.3 Å². The quantitative estimate of drug-likeness (QED) is 0.171. The fourth-order valence-corrected chi connectivity index (χ4v) is 8.87. The van der Waals surface area contributed by atoms with Gasteiger partial charge in [-0.05, 0) is 69.8 Å². The van der Waals surface area contributed by atoms with Crippen LogP contribution in [0.15, 0.2) is 192 Å². The molecule has 0 aliphatic rings. The van der Waals surface area contributed by atoms with Crippen LogP contribution in [-0.2, 0) is 0 Å². The van der Waals surface area contributed by atoms with Crippen LogP contribution in [0.4, 0.5) is 0 Å². The molecular weight excluding hydrogens is 703 g/mol. The maximum Gasteiger partial charge on any atom is 0.164 e. The number of furan rings is 1. The standard InChI is InChI=1S/C51H31N3OS/c1-4-11-32(12-5-1)34-19-21-36(22-20-34)50-52-49(35-15-8-3-9-16-35)53-51(54-50)42-17-10-18-44-48(42)41-27-24-38(30-45(41)55-44)37-25-28-46-43(29-37)40-26-23-39(31-47(40)56-46)33-13-6-2-7-14-33/h1-31H. The Morgan fingerprint density at radius 1 is 0.321 bits per heavy atom. The zero-order chi connectivity index (χ0) is 37.0. The predicted molar refractivity (Wildman–Crippen MR) is 233 cm³/mol. The van der Waals surface area contributed by atoms with E-state index < -0.39 is 0 Å². The first kappa shape index (κ1) is 32.2. The molecule has 5 heteroatoms. The van der Waals surface area contributed by atoms with E-state index in [9.17, 15) is 0 Å². The normalized spacial score (nSPS) is 11.6. The minimum Gasteiger partial charge on any atom is -0.456 e. The highest BCUT2D eigenvalue weighted by molar-refractivity contribution is 7.25. The van der Waals surface area contributed by atoms with Crippen LogP contribution in [0.1, 0.15) is 0 Å². The summed E-state index contributed by atoms with van der Waals surface area (Å²) in [5, 5.41) is 4.55. The lowest BCUT2D eigenvalue weighted by Crippen LogP contribution is -2.00. The van der Waals surface area contributed by atoms with Crippen molar-refractivity contribution in [1.82, 2.24) is 15.0 Å². The number of thiophene rings is 1. The molecule has 0 spiro atoms. The van der Waals surface area contributed by atoms with Crippen molar-refractivity contribution in [2.24, 2.45) is 0 Å². The highest BCUT2D eigenvalue weighted by Gasteiger charge is 2.19. The molecule has 0 amide bonds. The summed E-state index contributed by atoms with van der Waals surface area (Å²) in [6.45, 7) is 0. The van der Waals surface area contributed by atoms with Crippen molar-refractivity contribution in [2.45, 2.75) is 0 Å². The van der Waals surface area contributed by atoms with Crippen molar-refractivity contribution in [2.75, 3.05) is 0 Å². The molecule has 11 rings (SSSR count). The minimum absolute atomic E-state index is 0.601. The highest BCUT2D eigenvalue weighted by atomic mass is 32.1. The molecule has 0 fully saturated rings. The van der Waals surface area contributed by atoms with Gasteiger partial charge in [0, 0.05) is 47.6 Å². The minimum atomic E-state index is 0.601. The van der Waals surface area contributed by atoms with Crippen molar-refractivity contribution in [3.05, 3.63) is 188 Å². The van der Waals surface area contributed by atoms with Gasteiger partial charge in [0.05, 0.1) is 0 Å². The van der Waals surface area contributed by atoms with Gasteiger partial charge in [0.2, 0.25) is 0 Å². The van der Waals surface area contributed by atoms with Crippen molar-refractivity contribution in [3.8, 4) is 67.5 Å². The molecule has 8 aromatic carbocycles. The Kier molecular flexibility index (Phi) is 7.64. The average Bonchev–Trinajstić information content (AvgIpc) is 3.84. The Hall–Kier alpha value is -7.21. The maximum absolute atomic E-state index is 6.59. The van der Waals surface area contributed by atoms with Gasteiger partial charge in [-0.25, -0.2) is 15.0 Å². The van der Waals surface area contributed by atoms with Crippen LogP contribution in [0.5, 0.6) is 0 Å². The lowest BCUT2D eigenvalue weighted by atomic mass is 9.99. The molecule has 56 heavy (non-hydrogen) atoms. The molecule has 0 atom stereocenters. The fraction of sp³-hybridized carbons (Fsp3) is 0. The SMILES string of the molecule is c1ccc(-c2ccc(-c3nc(-c4ccccc4)nc(-c4cccc5oc6cc(-c7ccc8sc9cc(-c%10ccccc%10)ccc9c8c7)ccc6c45)n3)cc2)cc1. The van der Waals surface area contributed by atoms with E-state index in [2.05, 4.69) is 140 Å². The van der Waals surface area contributed by atoms with Gasteiger partial charge in [-0.1, -0.05) is 152 Å². The number of hydrogen-bond acceptors (Lipinski definition) is 5. The predicted octanol–water partition coefficient (Wildman–Crippen LogP) is 14.1. The molecule has 3 heterocycles. The number of benzene rings is 8. The molecule has 0 aliphatic heterocycles. The Labute approximate surface area is 327 Å². The third-order valence-electron chi connectivity index (χ3n) is 10.6. The van der Waals surface area contributed by atoms with Crippen LogP contribution < -0.4 is 0 Å². The molecule has 3 aromatic heterocycles. The number of rotatable bonds is 6. The average molecular weight is 734 g/mol. The first-order chi connectivity index (χ1) is 27.7. The van der Waals surface area contributed by atoms with Gasteiger partial charge in [0.15, 0.2) is 17.5 Å². The van der Waals surface area contributed by atoms with Gasteiger partial charge in [0.1, 0.15) is 11.2 Å². The summed E-state index contributed by atoms with van der Waals surface area (Å²) >= 11 is 1.84. The first-order valence-corrected chi connectivity index (χ1v) is 19.5. The van der Waals surface area contributed by atoms with Crippen LogP contribution in [0.25, 0.3) is 110 Å². The van der Waals surface area contributed by atoms with Crippen LogP contribution in [0.3, 0.4) is 0 Å². The number of hydrogen-bond donors (Lipinski definition) is 0. The van der Waals surface area contributed by atoms with E-state index in [1.165, 1.54) is 36.9 Å². The third-order valence-corrected chi connectivity index (χ3v) is 11.7. The van der Waals surface area contributed by atoms with Crippen LogP contribution in [0, 0.1) is 0 Å². The second-order valence-corrected chi connectivity index (χ2v) is 15.1. The van der Waals surface area contributed by atoms with Crippen LogP contribution in [0.2, 0.25) is 0 Å². The molecule has 0 bridgehead atoms. The third kappa shape index (κ3) is 5.65. The molecule has 0 saturated carbocycles. The summed E-state index contributed by atoms with van der Waals surface area (Å²) < 4.78 is 9.16. The Bertz CT molecular complexity index is 3230. The molecular formula is C51H31N3OS. The second-order valence-electron chi connectivity index (χ2n) is 14.0. The summed E-state index contributed by atoms with van der Waals surface area (Å²) in [6, 6.07) is 65.7. The summed E-state index contributed by atoms with van der Waals surface area (Å²) in [5.74, 6) is 1.84. The zero-order valence-corrected chi connectivity index (χ0v) is 30.9. The number of aromatic nitrogens is 3. The van der Waals surface area contributed by atoms with E-state index in [0.29, 0.717) is 17.5 Å². The van der Waals surface area contributed by atoms with Crippen LogP contribution in [-0.4, -0.2) is 15.0 Å². The summed E-state index contributed by atoms with van der Waals surface area (Å²) in [4.78, 5) is 15.2. The van der Waals surface area contributed by atoms with Crippen molar-refractivity contribution >= 4 is 53.4 Å². The lowest BCUT2D eigenvalue weighted by Gasteiger charge is -2.10. The van der Waals surface area contributed by atoms with Gasteiger partial charge >= 0.3 is 0 Å². The van der Waals surface area contributed by atoms with E-state index in [1.54, 1.807) is 0 Å². The molecule has 0 N–H and O–H groups in total. The van der Waals surface area contributed by atoms with E-state index in [1.807, 2.05) is 59.9 Å². The molecule has 4 nitrogen and oxygen atoms in total. The summed E-state index contributed by atoms with van der Waals surface area (Å²) in [6.07, 6.45) is 0. The number of fused-ring (bicyclic) bond motifs is 6. The van der Waals surface area contributed by atoms with Crippen molar-refractivity contribution in [1.29, 1.82) is 0 Å². The lowest BCUT2D eigenvalue weighted by molar-refractivity contribution is 0.669. The molecule has 262 valence electrons. The molecule has 0 radical (unpaired) electrons. The van der Waals surface area contributed by atoms with E-state index >= 15 is 0 Å². The highest BCUT2D eigenvalue weighted by Crippen LogP contribution is 2.41. The molecule has 0 unspecified atom stereocenters. The van der Waals surface area contributed by atoms with Crippen molar-refractivity contribution < 1.29 is 4.42 Å². The Morgan fingerprint density at radius 2 is 0.839 bits per heavy atom. The zero-order valence-electron chi connectivity index (χ0n) is 30.1. The molecule has 0 saturated heterocycles. The van der Waals surface area contributed by atoms with Gasteiger partial charge in [-0.3, -0.25) is 0 Å². The smallest absolute Gasteiger partial charge is 0.164 e. The van der Waals surface area contributed by atoms with E-state index in [4.69, 9.17) is 19.4 Å². The molecule has 0 aliphatic carbocycles. The Balaban J connectivity index is 1.00. The largest absolute Gasteiger partial charge is 0.456 e.